The van der Waals surface area contributed by atoms with Crippen LogP contribution in [0.1, 0.15) is 28.8 Å². The third-order valence-corrected chi connectivity index (χ3v) is 4.03. The van der Waals surface area contributed by atoms with Gasteiger partial charge in [0.05, 0.1) is 20.8 Å². The van der Waals surface area contributed by atoms with Crippen LogP contribution in [-0.4, -0.2) is 39.1 Å². The molecule has 1 unspecified atom stereocenters. The Morgan fingerprint density at radius 3 is 2.31 bits per heavy atom. The Labute approximate surface area is 153 Å². The van der Waals surface area contributed by atoms with E-state index >= 15 is 0 Å². The maximum atomic E-state index is 12.2. The van der Waals surface area contributed by atoms with Crippen molar-refractivity contribution in [3.05, 3.63) is 59.7 Å². The van der Waals surface area contributed by atoms with E-state index in [1.165, 1.54) is 14.2 Å². The standard InChI is InChI=1S/C20H24N2O4/c1-14(15-7-5-4-6-8-15)12-21-19(23)13-22-20(24)16-9-10-17(25-2)18(11-16)26-3/h4-11,14H,12-13H2,1-3H3,(H,21,23)(H,22,24). The summed E-state index contributed by atoms with van der Waals surface area (Å²) in [6.07, 6.45) is 0. The zero-order valence-electron chi connectivity index (χ0n) is 15.2. The lowest BCUT2D eigenvalue weighted by Crippen LogP contribution is -2.38. The van der Waals surface area contributed by atoms with Crippen LogP contribution in [0.15, 0.2) is 48.5 Å². The number of amides is 2. The Kier molecular flexibility index (Phi) is 7.02. The molecule has 0 bridgehead atoms. The highest BCUT2D eigenvalue weighted by Crippen LogP contribution is 2.27. The third kappa shape index (κ3) is 5.24. The van der Waals surface area contributed by atoms with Crippen LogP contribution in [-0.2, 0) is 4.79 Å². The van der Waals surface area contributed by atoms with Crippen LogP contribution in [0.25, 0.3) is 0 Å². The Morgan fingerprint density at radius 1 is 0.962 bits per heavy atom. The van der Waals surface area contributed by atoms with Gasteiger partial charge < -0.3 is 20.1 Å². The molecule has 6 nitrogen and oxygen atoms in total. The molecular formula is C20H24N2O4. The van der Waals surface area contributed by atoms with Crippen LogP contribution in [0.2, 0.25) is 0 Å². The summed E-state index contributed by atoms with van der Waals surface area (Å²) >= 11 is 0. The highest BCUT2D eigenvalue weighted by Gasteiger charge is 2.12. The van der Waals surface area contributed by atoms with Gasteiger partial charge in [0.2, 0.25) is 5.91 Å². The summed E-state index contributed by atoms with van der Waals surface area (Å²) in [4.78, 5) is 24.2. The van der Waals surface area contributed by atoms with Crippen LogP contribution < -0.4 is 20.1 Å². The van der Waals surface area contributed by atoms with E-state index in [0.717, 1.165) is 5.56 Å². The first-order valence-corrected chi connectivity index (χ1v) is 8.37. The second-order valence-corrected chi connectivity index (χ2v) is 5.87. The minimum atomic E-state index is -0.350. The predicted octanol–water partition coefficient (Wildman–Crippen LogP) is 2.35. The number of nitrogens with one attached hydrogen (secondary N) is 2. The van der Waals surface area contributed by atoms with Crippen LogP contribution in [0.5, 0.6) is 11.5 Å². The highest BCUT2D eigenvalue weighted by atomic mass is 16.5. The van der Waals surface area contributed by atoms with Gasteiger partial charge >= 0.3 is 0 Å². The molecule has 0 aromatic heterocycles. The van der Waals surface area contributed by atoms with E-state index in [0.29, 0.717) is 23.6 Å². The molecule has 138 valence electrons. The van der Waals surface area contributed by atoms with Crippen LogP contribution in [0.3, 0.4) is 0 Å². The molecule has 2 N–H and O–H groups in total. The molecule has 0 aliphatic carbocycles. The van der Waals surface area contributed by atoms with Gasteiger partial charge in [0.15, 0.2) is 11.5 Å². The molecule has 2 amide bonds. The second-order valence-electron chi connectivity index (χ2n) is 5.87. The van der Waals surface area contributed by atoms with Gasteiger partial charge in [-0.05, 0) is 29.7 Å². The Morgan fingerprint density at radius 2 is 1.65 bits per heavy atom. The minimum Gasteiger partial charge on any atom is -0.493 e. The topological polar surface area (TPSA) is 76.7 Å². The fourth-order valence-corrected chi connectivity index (χ4v) is 2.47. The van der Waals surface area contributed by atoms with Gasteiger partial charge in [0.25, 0.3) is 5.91 Å². The molecule has 2 rings (SSSR count). The van der Waals surface area contributed by atoms with Crippen molar-refractivity contribution in [3.63, 3.8) is 0 Å². The zero-order valence-corrected chi connectivity index (χ0v) is 15.2. The molecule has 0 fully saturated rings. The molecule has 0 spiro atoms. The maximum absolute atomic E-state index is 12.2. The quantitative estimate of drug-likeness (QED) is 0.761. The Bertz CT molecular complexity index is 747. The number of benzene rings is 2. The molecule has 0 radical (unpaired) electrons. The first-order chi connectivity index (χ1) is 12.5. The van der Waals surface area contributed by atoms with E-state index in [1.807, 2.05) is 37.3 Å². The van der Waals surface area contributed by atoms with Crippen molar-refractivity contribution in [2.75, 3.05) is 27.3 Å². The summed E-state index contributed by atoms with van der Waals surface area (Å²) in [5.74, 6) is 0.610. The van der Waals surface area contributed by atoms with Gasteiger partial charge in [0.1, 0.15) is 0 Å². The summed E-state index contributed by atoms with van der Waals surface area (Å²) in [7, 11) is 3.03. The number of carbonyl (C=O) groups is 2. The number of carbonyl (C=O) groups excluding carboxylic acids is 2. The maximum Gasteiger partial charge on any atom is 0.251 e. The molecule has 0 heterocycles. The molecule has 2 aromatic carbocycles. The SMILES string of the molecule is COc1ccc(C(=O)NCC(=O)NCC(C)c2ccccc2)cc1OC. The van der Waals surface area contributed by atoms with E-state index in [-0.39, 0.29) is 24.3 Å². The molecule has 0 aliphatic rings. The van der Waals surface area contributed by atoms with Crippen LogP contribution in [0, 0.1) is 0 Å². The molecule has 1 atom stereocenters. The van der Waals surface area contributed by atoms with Gasteiger partial charge in [-0.3, -0.25) is 9.59 Å². The van der Waals surface area contributed by atoms with Gasteiger partial charge in [-0.15, -0.1) is 0 Å². The normalized spacial score (nSPS) is 11.3. The van der Waals surface area contributed by atoms with Gasteiger partial charge in [-0.1, -0.05) is 37.3 Å². The van der Waals surface area contributed by atoms with E-state index in [4.69, 9.17) is 9.47 Å². The molecule has 6 heteroatoms. The van der Waals surface area contributed by atoms with Crippen molar-refractivity contribution in [1.82, 2.24) is 10.6 Å². The minimum absolute atomic E-state index is 0.0886. The van der Waals surface area contributed by atoms with Crippen molar-refractivity contribution in [2.24, 2.45) is 0 Å². The average molecular weight is 356 g/mol. The lowest BCUT2D eigenvalue weighted by atomic mass is 10.0. The highest BCUT2D eigenvalue weighted by molar-refractivity contribution is 5.97. The molecule has 0 saturated carbocycles. The lowest BCUT2D eigenvalue weighted by Gasteiger charge is -2.13. The summed E-state index contributed by atoms with van der Waals surface area (Å²) in [6.45, 7) is 2.46. The van der Waals surface area contributed by atoms with Crippen molar-refractivity contribution in [1.29, 1.82) is 0 Å². The smallest absolute Gasteiger partial charge is 0.251 e. The predicted molar refractivity (Wildman–Crippen MR) is 99.7 cm³/mol. The monoisotopic (exact) mass is 356 g/mol. The van der Waals surface area contributed by atoms with Crippen LogP contribution >= 0.6 is 0 Å². The third-order valence-electron chi connectivity index (χ3n) is 4.03. The first-order valence-electron chi connectivity index (χ1n) is 8.37. The summed E-state index contributed by atoms with van der Waals surface area (Å²) in [5.41, 5.74) is 1.55. The van der Waals surface area contributed by atoms with Crippen molar-refractivity contribution in [2.45, 2.75) is 12.8 Å². The van der Waals surface area contributed by atoms with Gasteiger partial charge in [-0.2, -0.15) is 0 Å². The van der Waals surface area contributed by atoms with Crippen LogP contribution in [0.4, 0.5) is 0 Å². The van der Waals surface area contributed by atoms with E-state index < -0.39 is 0 Å². The number of ether oxygens (including phenoxy) is 2. The number of hydrogen-bond acceptors (Lipinski definition) is 4. The fourth-order valence-electron chi connectivity index (χ4n) is 2.47. The summed E-state index contributed by atoms with van der Waals surface area (Å²) in [5, 5.41) is 5.43. The largest absolute Gasteiger partial charge is 0.493 e. The van der Waals surface area contributed by atoms with Gasteiger partial charge in [-0.25, -0.2) is 0 Å². The first kappa shape index (κ1) is 19.3. The van der Waals surface area contributed by atoms with Crippen molar-refractivity contribution >= 4 is 11.8 Å². The molecular weight excluding hydrogens is 332 g/mol. The number of rotatable bonds is 8. The van der Waals surface area contributed by atoms with E-state index in [2.05, 4.69) is 10.6 Å². The summed E-state index contributed by atoms with van der Waals surface area (Å²) < 4.78 is 10.3. The van der Waals surface area contributed by atoms with Gasteiger partial charge in [0, 0.05) is 12.1 Å². The van der Waals surface area contributed by atoms with Crippen molar-refractivity contribution in [3.8, 4) is 11.5 Å². The lowest BCUT2D eigenvalue weighted by molar-refractivity contribution is -0.120. The second kappa shape index (κ2) is 9.46. The molecule has 26 heavy (non-hydrogen) atoms. The van der Waals surface area contributed by atoms with E-state index in [9.17, 15) is 9.59 Å². The molecule has 0 saturated heterocycles. The van der Waals surface area contributed by atoms with Crippen molar-refractivity contribution < 1.29 is 19.1 Å². The molecule has 2 aromatic rings. The number of hydrogen-bond donors (Lipinski definition) is 2. The van der Waals surface area contributed by atoms with E-state index in [1.54, 1.807) is 18.2 Å². The fraction of sp³-hybridized carbons (Fsp3) is 0.300. The zero-order chi connectivity index (χ0) is 18.9. The Balaban J connectivity index is 1.82. The Hall–Kier alpha value is -3.02. The average Bonchev–Trinajstić information content (AvgIpc) is 2.70. The molecule has 0 aliphatic heterocycles. The number of methoxy groups -OCH3 is 2. The summed E-state index contributed by atoms with van der Waals surface area (Å²) in [6, 6.07) is 14.8.